The zero-order valence-electron chi connectivity index (χ0n) is 2.12. The molecule has 0 rings (SSSR count). The second kappa shape index (κ2) is 9.49. The van der Waals surface area contributed by atoms with E-state index in [-0.39, 0.29) is 46.9 Å². The molecule has 0 atom stereocenters. The molecule has 6 heavy (non-hydrogen) atoms. The largest absolute Gasteiger partial charge is 0 e. The third-order valence-electron chi connectivity index (χ3n) is 0. The van der Waals surface area contributed by atoms with E-state index in [1.807, 2.05) is 0 Å². The first-order valence-electron chi connectivity index (χ1n) is 0.651. The molecule has 0 aliphatic rings. The molecule has 0 heterocycles. The Morgan fingerprint density at radius 2 is 1.33 bits per heavy atom. The molecule has 0 amide bonds. The fourth-order valence-electron chi connectivity index (χ4n) is 0. The maximum absolute atomic E-state index is 8.74. The molecule has 0 aromatic rings. The van der Waals surface area contributed by atoms with E-state index >= 15 is 0 Å². The van der Waals surface area contributed by atoms with Gasteiger partial charge in [0.05, 0.1) is 0 Å². The molecule has 0 aliphatic heterocycles. The van der Waals surface area contributed by atoms with E-state index in [1.54, 1.807) is 0 Å². The standard InChI is InChI=1S/In.H2O3Si.Pt.3H/c;1-4(2)3;;;;/h;1-2H;;;;. The molecule has 0 saturated heterocycles. The van der Waals surface area contributed by atoms with Crippen molar-refractivity contribution < 1.29 is 35.1 Å². The zero-order chi connectivity index (χ0) is 3.58. The van der Waals surface area contributed by atoms with E-state index in [4.69, 9.17) is 14.1 Å². The minimum atomic E-state index is -3.13. The molecule has 0 saturated carbocycles. The molecule has 0 radical (unpaired) electrons. The van der Waals surface area contributed by atoms with Gasteiger partial charge in [0.1, 0.15) is 0 Å². The average molecular weight is 391 g/mol. The third-order valence-corrected chi connectivity index (χ3v) is 0. The molecule has 40 valence electrons. The van der Waals surface area contributed by atoms with Crippen molar-refractivity contribution in [3.8, 4) is 0 Å². The van der Waals surface area contributed by atoms with E-state index in [0.717, 1.165) is 0 Å². The molecule has 0 aromatic carbocycles. The van der Waals surface area contributed by atoms with Crippen molar-refractivity contribution in [3.63, 3.8) is 0 Å². The number of rotatable bonds is 0. The summed E-state index contributed by atoms with van der Waals surface area (Å²) in [6, 6.07) is 0. The second-order valence-electron chi connectivity index (χ2n) is 0.283. The van der Waals surface area contributed by atoms with Crippen molar-refractivity contribution in [2.75, 3.05) is 0 Å². The van der Waals surface area contributed by atoms with Crippen LogP contribution in [-0.2, 0) is 25.5 Å². The Hall–Kier alpha value is 1.18. The van der Waals surface area contributed by atoms with E-state index < -0.39 is 9.17 Å². The van der Waals surface area contributed by atoms with Crippen LogP contribution in [0.15, 0.2) is 0 Å². The quantitative estimate of drug-likeness (QED) is 0.439. The van der Waals surface area contributed by atoms with Crippen LogP contribution in [-0.4, -0.2) is 44.6 Å². The predicted molar refractivity (Wildman–Crippen MR) is 20.8 cm³/mol. The Morgan fingerprint density at radius 1 is 1.33 bits per heavy atom. The zero-order valence-corrected chi connectivity index (χ0v) is 5.39. The fourth-order valence-corrected chi connectivity index (χ4v) is 0. The van der Waals surface area contributed by atoms with Crippen LogP contribution in [0.2, 0.25) is 0 Å². The number of hydrogen-bond acceptors (Lipinski definition) is 1. The van der Waals surface area contributed by atoms with Gasteiger partial charge in [-0.3, -0.25) is 4.46 Å². The molecular weight excluding hydrogens is 386 g/mol. The molecular formula is H5InO3PtSi. The van der Waals surface area contributed by atoms with Gasteiger partial charge < -0.3 is 9.59 Å². The van der Waals surface area contributed by atoms with Gasteiger partial charge in [0.15, 0.2) is 0 Å². The van der Waals surface area contributed by atoms with Crippen molar-refractivity contribution >= 4 is 35.0 Å². The first kappa shape index (κ1) is 15.7. The molecule has 0 aromatic heterocycles. The summed E-state index contributed by atoms with van der Waals surface area (Å²) in [5.41, 5.74) is 0. The molecule has 0 aliphatic carbocycles. The van der Waals surface area contributed by atoms with Crippen LogP contribution >= 0.6 is 0 Å². The summed E-state index contributed by atoms with van der Waals surface area (Å²) in [5, 5.41) is 0. The van der Waals surface area contributed by atoms with Crippen molar-refractivity contribution in [2.24, 2.45) is 0 Å². The van der Waals surface area contributed by atoms with Crippen molar-refractivity contribution in [1.29, 1.82) is 0 Å². The van der Waals surface area contributed by atoms with Gasteiger partial charge >= 0.3 is 35.0 Å². The van der Waals surface area contributed by atoms with Gasteiger partial charge in [0, 0.05) is 21.1 Å². The maximum atomic E-state index is 8.74. The minimum Gasteiger partial charge on any atom is 0 e. The van der Waals surface area contributed by atoms with Crippen molar-refractivity contribution in [1.82, 2.24) is 0 Å². The van der Waals surface area contributed by atoms with E-state index in [1.165, 1.54) is 0 Å². The predicted octanol–water partition coefficient (Wildman–Crippen LogP) is -2.80. The minimum absolute atomic E-state index is 0. The van der Waals surface area contributed by atoms with Gasteiger partial charge in [0.25, 0.3) is 0 Å². The average Bonchev–Trinajstić information content (AvgIpc) is 0.811. The van der Waals surface area contributed by atoms with Crippen LogP contribution in [0.5, 0.6) is 0 Å². The van der Waals surface area contributed by atoms with Crippen molar-refractivity contribution in [3.05, 3.63) is 0 Å². The van der Waals surface area contributed by atoms with Crippen LogP contribution in [0.3, 0.4) is 0 Å². The van der Waals surface area contributed by atoms with Crippen LogP contribution in [0.4, 0.5) is 0 Å². The Kier molecular flexibility index (Phi) is 24.8. The molecule has 0 spiro atoms. The molecule has 0 bridgehead atoms. The Labute approximate surface area is 69.7 Å². The van der Waals surface area contributed by atoms with Gasteiger partial charge in [0.2, 0.25) is 0 Å². The SMILES string of the molecule is O=[Si](O)O.[InH3].[Pt]. The van der Waals surface area contributed by atoms with E-state index in [0.29, 0.717) is 0 Å². The van der Waals surface area contributed by atoms with Crippen LogP contribution in [0.25, 0.3) is 0 Å². The first-order valence-corrected chi connectivity index (χ1v) is 1.95. The molecule has 0 fully saturated rings. The fraction of sp³-hybridized carbons (Fsp3) is 0. The summed E-state index contributed by atoms with van der Waals surface area (Å²) in [7, 11) is -3.13. The first-order chi connectivity index (χ1) is 1.73. The van der Waals surface area contributed by atoms with E-state index in [9.17, 15) is 0 Å². The van der Waals surface area contributed by atoms with Crippen LogP contribution in [0.1, 0.15) is 0 Å². The maximum Gasteiger partial charge on any atom is 0 e. The van der Waals surface area contributed by atoms with Crippen molar-refractivity contribution in [2.45, 2.75) is 0 Å². The Morgan fingerprint density at radius 3 is 1.33 bits per heavy atom. The van der Waals surface area contributed by atoms with Gasteiger partial charge in [-0.15, -0.1) is 0 Å². The third kappa shape index (κ3) is 65.3. The topological polar surface area (TPSA) is 57.5 Å². The second-order valence-corrected chi connectivity index (χ2v) is 0.848. The molecule has 0 unspecified atom stereocenters. The van der Waals surface area contributed by atoms with Crippen LogP contribution < -0.4 is 0 Å². The van der Waals surface area contributed by atoms with Gasteiger partial charge in [-0.05, 0) is 0 Å². The summed E-state index contributed by atoms with van der Waals surface area (Å²) in [6.45, 7) is 0. The summed E-state index contributed by atoms with van der Waals surface area (Å²) in [4.78, 5) is 14.3. The normalized spacial score (nSPS) is 4.00. The van der Waals surface area contributed by atoms with Crippen LogP contribution in [0, 0.1) is 0 Å². The molecule has 3 nitrogen and oxygen atoms in total. The van der Waals surface area contributed by atoms with E-state index in [2.05, 4.69) is 0 Å². The van der Waals surface area contributed by atoms with Gasteiger partial charge in [-0.2, -0.15) is 0 Å². The number of hydrogen-bond donors (Lipinski definition) is 2. The van der Waals surface area contributed by atoms with Gasteiger partial charge in [-0.1, -0.05) is 0 Å². The molecule has 2 N–H and O–H groups in total. The summed E-state index contributed by atoms with van der Waals surface area (Å²) < 4.78 is 8.74. The Bertz CT molecular complexity index is 33.8. The monoisotopic (exact) mass is 391 g/mol. The Balaban J connectivity index is -0.0000000450. The summed E-state index contributed by atoms with van der Waals surface area (Å²) in [6.07, 6.45) is 0. The molecule has 6 heteroatoms. The summed E-state index contributed by atoms with van der Waals surface area (Å²) >= 11 is 0. The summed E-state index contributed by atoms with van der Waals surface area (Å²) in [5.74, 6) is 0. The van der Waals surface area contributed by atoms with Gasteiger partial charge in [-0.25, -0.2) is 0 Å². The smallest absolute Gasteiger partial charge is 0 e.